The van der Waals surface area contributed by atoms with Gasteiger partial charge < -0.3 is 9.47 Å². The molecule has 0 spiro atoms. The van der Waals surface area contributed by atoms with Gasteiger partial charge in [0.25, 0.3) is 0 Å². The molecular formula is C15H15BrO2. The van der Waals surface area contributed by atoms with Crippen LogP contribution in [0.4, 0.5) is 0 Å². The monoisotopic (exact) mass is 306 g/mol. The minimum Gasteiger partial charge on any atom is -0.496 e. The largest absolute Gasteiger partial charge is 0.496 e. The molecule has 18 heavy (non-hydrogen) atoms. The zero-order chi connectivity index (χ0) is 13.0. The molecule has 0 N–H and O–H groups in total. The average Bonchev–Trinajstić information content (AvgIpc) is 2.38. The van der Waals surface area contributed by atoms with Crippen LogP contribution >= 0.6 is 15.9 Å². The van der Waals surface area contributed by atoms with Gasteiger partial charge in [0.15, 0.2) is 0 Å². The molecule has 94 valence electrons. The maximum atomic E-state index is 5.82. The van der Waals surface area contributed by atoms with Crippen LogP contribution in [0.1, 0.15) is 11.1 Å². The number of methoxy groups -OCH3 is 1. The third-order valence-electron chi connectivity index (χ3n) is 2.71. The maximum absolute atomic E-state index is 5.82. The fourth-order valence-electron chi connectivity index (χ4n) is 1.75. The Morgan fingerprint density at radius 1 is 1.06 bits per heavy atom. The van der Waals surface area contributed by atoms with E-state index < -0.39 is 0 Å². The van der Waals surface area contributed by atoms with E-state index in [0.717, 1.165) is 27.1 Å². The SMILES string of the molecule is COc1ccccc1COc1ccc(Br)cc1C. The van der Waals surface area contributed by atoms with E-state index in [1.807, 2.05) is 49.4 Å². The van der Waals surface area contributed by atoms with Crippen molar-refractivity contribution in [3.8, 4) is 11.5 Å². The van der Waals surface area contributed by atoms with Crippen molar-refractivity contribution in [3.05, 3.63) is 58.1 Å². The Bertz CT molecular complexity index is 538. The fraction of sp³-hybridized carbons (Fsp3) is 0.200. The molecule has 0 atom stereocenters. The molecule has 0 unspecified atom stereocenters. The molecule has 0 radical (unpaired) electrons. The highest BCUT2D eigenvalue weighted by Crippen LogP contribution is 2.25. The Hall–Kier alpha value is -1.48. The van der Waals surface area contributed by atoms with Gasteiger partial charge in [0, 0.05) is 10.0 Å². The van der Waals surface area contributed by atoms with Gasteiger partial charge in [-0.3, -0.25) is 0 Å². The third-order valence-corrected chi connectivity index (χ3v) is 3.21. The first-order chi connectivity index (χ1) is 8.70. The molecule has 0 aromatic heterocycles. The average molecular weight is 307 g/mol. The molecule has 2 nitrogen and oxygen atoms in total. The summed E-state index contributed by atoms with van der Waals surface area (Å²) in [6.45, 7) is 2.54. The van der Waals surface area contributed by atoms with Crippen LogP contribution in [0.2, 0.25) is 0 Å². The highest BCUT2D eigenvalue weighted by molar-refractivity contribution is 9.10. The van der Waals surface area contributed by atoms with Crippen molar-refractivity contribution in [1.29, 1.82) is 0 Å². The van der Waals surface area contributed by atoms with Crippen molar-refractivity contribution in [2.45, 2.75) is 13.5 Å². The van der Waals surface area contributed by atoms with E-state index in [-0.39, 0.29) is 0 Å². The quantitative estimate of drug-likeness (QED) is 0.836. The summed E-state index contributed by atoms with van der Waals surface area (Å²) in [5.41, 5.74) is 2.15. The molecule has 0 aliphatic carbocycles. The lowest BCUT2D eigenvalue weighted by atomic mass is 10.2. The summed E-state index contributed by atoms with van der Waals surface area (Å²) in [7, 11) is 1.67. The normalized spacial score (nSPS) is 10.2. The number of aryl methyl sites for hydroxylation is 1. The van der Waals surface area contributed by atoms with Crippen LogP contribution in [-0.2, 0) is 6.61 Å². The summed E-state index contributed by atoms with van der Waals surface area (Å²) in [4.78, 5) is 0. The molecule has 0 saturated heterocycles. The van der Waals surface area contributed by atoms with Gasteiger partial charge in [-0.05, 0) is 36.8 Å². The minimum atomic E-state index is 0.506. The summed E-state index contributed by atoms with van der Waals surface area (Å²) in [6, 6.07) is 13.9. The van der Waals surface area contributed by atoms with Gasteiger partial charge >= 0.3 is 0 Å². The second-order valence-corrected chi connectivity index (χ2v) is 4.93. The summed E-state index contributed by atoms with van der Waals surface area (Å²) in [5, 5.41) is 0. The van der Waals surface area contributed by atoms with Gasteiger partial charge in [-0.1, -0.05) is 34.1 Å². The second kappa shape index (κ2) is 5.91. The lowest BCUT2D eigenvalue weighted by Gasteiger charge is -2.11. The van der Waals surface area contributed by atoms with E-state index in [4.69, 9.17) is 9.47 Å². The van der Waals surface area contributed by atoms with Crippen LogP contribution < -0.4 is 9.47 Å². The van der Waals surface area contributed by atoms with Crippen LogP contribution in [0.15, 0.2) is 46.9 Å². The molecule has 3 heteroatoms. The highest BCUT2D eigenvalue weighted by atomic mass is 79.9. The summed E-state index contributed by atoms with van der Waals surface area (Å²) in [6.07, 6.45) is 0. The van der Waals surface area contributed by atoms with Crippen LogP contribution in [-0.4, -0.2) is 7.11 Å². The fourth-order valence-corrected chi connectivity index (χ4v) is 2.23. The van der Waals surface area contributed by atoms with E-state index in [0.29, 0.717) is 6.61 Å². The Kier molecular flexibility index (Phi) is 4.26. The summed E-state index contributed by atoms with van der Waals surface area (Å²) < 4.78 is 12.2. The molecule has 0 saturated carbocycles. The number of para-hydroxylation sites is 1. The van der Waals surface area contributed by atoms with Gasteiger partial charge in [-0.15, -0.1) is 0 Å². The van der Waals surface area contributed by atoms with Crippen molar-refractivity contribution < 1.29 is 9.47 Å². The zero-order valence-electron chi connectivity index (χ0n) is 10.4. The number of rotatable bonds is 4. The predicted molar refractivity (Wildman–Crippen MR) is 76.2 cm³/mol. The van der Waals surface area contributed by atoms with Gasteiger partial charge in [0.1, 0.15) is 18.1 Å². The van der Waals surface area contributed by atoms with Crippen LogP contribution in [0.25, 0.3) is 0 Å². The summed E-state index contributed by atoms with van der Waals surface area (Å²) >= 11 is 3.44. The Labute approximate surface area is 116 Å². The highest BCUT2D eigenvalue weighted by Gasteiger charge is 2.04. The standard InChI is InChI=1S/C15H15BrO2/c1-11-9-13(16)7-8-14(11)18-10-12-5-3-4-6-15(12)17-2/h3-9H,10H2,1-2H3. The van der Waals surface area contributed by atoms with E-state index in [2.05, 4.69) is 15.9 Å². The lowest BCUT2D eigenvalue weighted by molar-refractivity contribution is 0.295. The number of benzene rings is 2. The topological polar surface area (TPSA) is 18.5 Å². The molecule has 0 bridgehead atoms. The van der Waals surface area contributed by atoms with E-state index in [1.165, 1.54) is 0 Å². The zero-order valence-corrected chi connectivity index (χ0v) is 12.0. The third kappa shape index (κ3) is 3.05. The van der Waals surface area contributed by atoms with E-state index in [9.17, 15) is 0 Å². The van der Waals surface area contributed by atoms with Crippen molar-refractivity contribution in [1.82, 2.24) is 0 Å². The molecule has 0 heterocycles. The predicted octanol–water partition coefficient (Wildman–Crippen LogP) is 4.35. The van der Waals surface area contributed by atoms with E-state index in [1.54, 1.807) is 7.11 Å². The molecule has 0 fully saturated rings. The molecular weight excluding hydrogens is 292 g/mol. The Morgan fingerprint density at radius 3 is 2.56 bits per heavy atom. The molecule has 0 amide bonds. The van der Waals surface area contributed by atoms with Gasteiger partial charge in [-0.2, -0.15) is 0 Å². The number of hydrogen-bond acceptors (Lipinski definition) is 2. The first-order valence-corrected chi connectivity index (χ1v) is 6.51. The maximum Gasteiger partial charge on any atom is 0.125 e. The van der Waals surface area contributed by atoms with Gasteiger partial charge in [0.05, 0.1) is 7.11 Å². The first kappa shape index (κ1) is 13.0. The lowest BCUT2D eigenvalue weighted by Crippen LogP contribution is -1.99. The number of halogens is 1. The molecule has 2 aromatic carbocycles. The molecule has 0 aliphatic heterocycles. The number of hydrogen-bond donors (Lipinski definition) is 0. The summed E-state index contributed by atoms with van der Waals surface area (Å²) in [5.74, 6) is 1.75. The van der Waals surface area contributed by atoms with Gasteiger partial charge in [0.2, 0.25) is 0 Å². The van der Waals surface area contributed by atoms with E-state index >= 15 is 0 Å². The Morgan fingerprint density at radius 2 is 1.83 bits per heavy atom. The van der Waals surface area contributed by atoms with Crippen molar-refractivity contribution in [2.24, 2.45) is 0 Å². The molecule has 2 rings (SSSR count). The van der Waals surface area contributed by atoms with Crippen LogP contribution in [0.3, 0.4) is 0 Å². The smallest absolute Gasteiger partial charge is 0.125 e. The van der Waals surface area contributed by atoms with Crippen molar-refractivity contribution >= 4 is 15.9 Å². The Balaban J connectivity index is 2.11. The molecule has 2 aromatic rings. The molecule has 0 aliphatic rings. The van der Waals surface area contributed by atoms with Crippen LogP contribution in [0, 0.1) is 6.92 Å². The van der Waals surface area contributed by atoms with Crippen molar-refractivity contribution in [3.63, 3.8) is 0 Å². The second-order valence-electron chi connectivity index (χ2n) is 4.01. The number of ether oxygens (including phenoxy) is 2. The van der Waals surface area contributed by atoms with Crippen molar-refractivity contribution in [2.75, 3.05) is 7.11 Å². The first-order valence-electron chi connectivity index (χ1n) is 5.71. The van der Waals surface area contributed by atoms with Gasteiger partial charge in [-0.25, -0.2) is 0 Å². The van der Waals surface area contributed by atoms with Crippen LogP contribution in [0.5, 0.6) is 11.5 Å². The minimum absolute atomic E-state index is 0.506.